The van der Waals surface area contributed by atoms with Crippen molar-refractivity contribution in [3.05, 3.63) is 59.7 Å². The first-order chi connectivity index (χ1) is 14.3. The van der Waals surface area contributed by atoms with E-state index in [4.69, 9.17) is 0 Å². The van der Waals surface area contributed by atoms with Gasteiger partial charge in [0.1, 0.15) is 5.75 Å². The fraction of sp³-hybridized carbons (Fsp3) is 0.333. The van der Waals surface area contributed by atoms with Gasteiger partial charge in [-0.25, -0.2) is 4.99 Å². The number of rotatable bonds is 8. The molecule has 0 aliphatic carbocycles. The second kappa shape index (κ2) is 13.0. The van der Waals surface area contributed by atoms with Gasteiger partial charge in [0.25, 0.3) is 0 Å². The molecule has 6 nitrogen and oxygen atoms in total. The standard InChI is InChI=1S/C21H25F3N4O2.HI/c1-3-25-20(26-13-12-16-8-10-18(11-9-16)28-15(2)29)27-14-17-6-4-5-7-19(17)30-21(22,23)24;/h4-11H,3,12-14H2,1-2H3,(H,28,29)(H2,25,26,27);1H. The van der Waals surface area contributed by atoms with Crippen molar-refractivity contribution < 1.29 is 22.7 Å². The molecule has 2 rings (SSSR count). The molecule has 0 spiro atoms. The molecule has 0 heterocycles. The number of carbonyl (C=O) groups excluding carboxylic acids is 1. The summed E-state index contributed by atoms with van der Waals surface area (Å²) in [6, 6.07) is 13.4. The Morgan fingerprint density at radius 1 is 1.06 bits per heavy atom. The molecule has 0 saturated carbocycles. The monoisotopic (exact) mass is 550 g/mol. The number of nitrogens with zero attached hydrogens (tertiary/aromatic N) is 1. The van der Waals surface area contributed by atoms with Crippen LogP contribution >= 0.6 is 24.0 Å². The Kier molecular flexibility index (Phi) is 11.2. The summed E-state index contributed by atoms with van der Waals surface area (Å²) in [6.45, 7) is 4.57. The van der Waals surface area contributed by atoms with E-state index in [2.05, 4.69) is 25.7 Å². The molecule has 0 aromatic heterocycles. The summed E-state index contributed by atoms with van der Waals surface area (Å²) in [7, 11) is 0. The Balaban J connectivity index is 0.00000480. The summed E-state index contributed by atoms with van der Waals surface area (Å²) in [5.74, 6) is 0.108. The molecule has 0 atom stereocenters. The Morgan fingerprint density at radius 3 is 2.35 bits per heavy atom. The summed E-state index contributed by atoms with van der Waals surface area (Å²) >= 11 is 0. The van der Waals surface area contributed by atoms with Gasteiger partial charge in [-0.3, -0.25) is 4.79 Å². The minimum atomic E-state index is -4.75. The van der Waals surface area contributed by atoms with Crippen molar-refractivity contribution >= 4 is 41.5 Å². The van der Waals surface area contributed by atoms with Gasteiger partial charge in [0.15, 0.2) is 5.96 Å². The first-order valence-electron chi connectivity index (χ1n) is 9.49. The summed E-state index contributed by atoms with van der Waals surface area (Å²) in [6.07, 6.45) is -4.05. The predicted octanol–water partition coefficient (Wildman–Crippen LogP) is 4.46. The number of para-hydroxylation sites is 1. The zero-order valence-corrected chi connectivity index (χ0v) is 19.6. The molecule has 10 heteroatoms. The number of alkyl halides is 3. The number of benzene rings is 2. The third-order valence-corrected chi connectivity index (χ3v) is 3.93. The van der Waals surface area contributed by atoms with E-state index in [0.717, 1.165) is 11.3 Å². The highest BCUT2D eigenvalue weighted by molar-refractivity contribution is 14.0. The second-order valence-corrected chi connectivity index (χ2v) is 6.41. The molecule has 0 aliphatic rings. The number of ether oxygens (including phenoxy) is 1. The van der Waals surface area contributed by atoms with Crippen LogP contribution in [0.4, 0.5) is 18.9 Å². The molecule has 1 amide bonds. The van der Waals surface area contributed by atoms with Crippen LogP contribution in [0.1, 0.15) is 25.0 Å². The lowest BCUT2D eigenvalue weighted by Crippen LogP contribution is -2.38. The number of amides is 1. The third-order valence-electron chi connectivity index (χ3n) is 3.93. The van der Waals surface area contributed by atoms with Gasteiger partial charge in [0, 0.05) is 31.3 Å². The van der Waals surface area contributed by atoms with Crippen LogP contribution < -0.4 is 20.7 Å². The van der Waals surface area contributed by atoms with Crippen LogP contribution in [0, 0.1) is 0 Å². The number of carbonyl (C=O) groups is 1. The average Bonchev–Trinajstić information content (AvgIpc) is 2.67. The first kappa shape index (κ1) is 26.5. The van der Waals surface area contributed by atoms with Gasteiger partial charge in [-0.15, -0.1) is 37.1 Å². The highest BCUT2D eigenvalue weighted by Gasteiger charge is 2.31. The summed E-state index contributed by atoms with van der Waals surface area (Å²) < 4.78 is 41.7. The highest BCUT2D eigenvalue weighted by Crippen LogP contribution is 2.26. The molecule has 0 bridgehead atoms. The first-order valence-corrected chi connectivity index (χ1v) is 9.49. The quantitative estimate of drug-likeness (QED) is 0.258. The number of nitrogens with one attached hydrogen (secondary N) is 3. The molecule has 170 valence electrons. The normalized spacial score (nSPS) is 11.3. The number of hydrogen-bond acceptors (Lipinski definition) is 3. The van der Waals surface area contributed by atoms with Gasteiger partial charge in [-0.05, 0) is 37.1 Å². The smallest absolute Gasteiger partial charge is 0.405 e. The van der Waals surface area contributed by atoms with E-state index in [-0.39, 0.29) is 42.2 Å². The molecular formula is C21H26F3IN4O2. The van der Waals surface area contributed by atoms with Crippen molar-refractivity contribution in [1.29, 1.82) is 0 Å². The molecule has 2 aromatic rings. The van der Waals surface area contributed by atoms with Crippen molar-refractivity contribution in [3.63, 3.8) is 0 Å². The lowest BCUT2D eigenvalue weighted by Gasteiger charge is -2.14. The SMILES string of the molecule is CCNC(=NCc1ccccc1OC(F)(F)F)NCCc1ccc(NC(C)=O)cc1.I. The molecule has 3 N–H and O–H groups in total. The van der Waals surface area contributed by atoms with Gasteiger partial charge in [0.2, 0.25) is 5.91 Å². The van der Waals surface area contributed by atoms with Crippen molar-refractivity contribution in [2.24, 2.45) is 4.99 Å². The van der Waals surface area contributed by atoms with Gasteiger partial charge in [0.05, 0.1) is 6.54 Å². The van der Waals surface area contributed by atoms with Crippen molar-refractivity contribution in [2.45, 2.75) is 33.2 Å². The molecule has 31 heavy (non-hydrogen) atoms. The minimum Gasteiger partial charge on any atom is -0.405 e. The lowest BCUT2D eigenvalue weighted by atomic mass is 10.1. The Bertz CT molecular complexity index is 858. The summed E-state index contributed by atoms with van der Waals surface area (Å²) in [5.41, 5.74) is 2.13. The van der Waals surface area contributed by atoms with Gasteiger partial charge < -0.3 is 20.7 Å². The minimum absolute atomic E-state index is 0. The lowest BCUT2D eigenvalue weighted by molar-refractivity contribution is -0.274. The van der Waals surface area contributed by atoms with E-state index >= 15 is 0 Å². The van der Waals surface area contributed by atoms with Gasteiger partial charge in [-0.1, -0.05) is 30.3 Å². The van der Waals surface area contributed by atoms with Crippen LogP contribution in [0.2, 0.25) is 0 Å². The Labute approximate surface area is 196 Å². The van der Waals surface area contributed by atoms with Gasteiger partial charge in [-0.2, -0.15) is 0 Å². The van der Waals surface area contributed by atoms with E-state index in [1.165, 1.54) is 19.1 Å². The summed E-state index contributed by atoms with van der Waals surface area (Å²) in [4.78, 5) is 15.4. The molecule has 0 radical (unpaired) electrons. The fourth-order valence-electron chi connectivity index (χ4n) is 2.65. The van der Waals surface area contributed by atoms with E-state index in [9.17, 15) is 18.0 Å². The number of guanidine groups is 1. The molecule has 0 fully saturated rings. The maximum atomic E-state index is 12.6. The Hall–Kier alpha value is -2.50. The Morgan fingerprint density at radius 2 is 1.74 bits per heavy atom. The highest BCUT2D eigenvalue weighted by atomic mass is 127. The maximum Gasteiger partial charge on any atom is 0.573 e. The molecule has 2 aromatic carbocycles. The van der Waals surface area contributed by atoms with Crippen molar-refractivity contribution in [1.82, 2.24) is 10.6 Å². The topological polar surface area (TPSA) is 74.8 Å². The van der Waals surface area contributed by atoms with Crippen molar-refractivity contribution in [2.75, 3.05) is 18.4 Å². The zero-order chi connectivity index (χ0) is 22.0. The van der Waals surface area contributed by atoms with Crippen LogP contribution in [0.15, 0.2) is 53.5 Å². The molecular weight excluding hydrogens is 524 g/mol. The molecule has 0 aliphatic heterocycles. The van der Waals surface area contributed by atoms with Crippen LogP contribution in [-0.4, -0.2) is 31.3 Å². The van der Waals surface area contributed by atoms with E-state index in [1.807, 2.05) is 31.2 Å². The van der Waals surface area contributed by atoms with Crippen LogP contribution in [0.5, 0.6) is 5.75 Å². The molecule has 0 saturated heterocycles. The number of anilines is 1. The van der Waals surface area contributed by atoms with Crippen LogP contribution in [0.3, 0.4) is 0 Å². The third kappa shape index (κ3) is 10.4. The predicted molar refractivity (Wildman–Crippen MR) is 126 cm³/mol. The fourth-order valence-corrected chi connectivity index (χ4v) is 2.65. The van der Waals surface area contributed by atoms with E-state index < -0.39 is 6.36 Å². The van der Waals surface area contributed by atoms with Gasteiger partial charge >= 0.3 is 6.36 Å². The van der Waals surface area contributed by atoms with E-state index in [0.29, 0.717) is 31.0 Å². The summed E-state index contributed by atoms with van der Waals surface area (Å²) in [5, 5.41) is 8.94. The average molecular weight is 550 g/mol. The van der Waals surface area contributed by atoms with E-state index in [1.54, 1.807) is 12.1 Å². The number of halogens is 4. The number of aliphatic imine (C=N–C) groups is 1. The maximum absolute atomic E-state index is 12.6. The number of hydrogen-bond donors (Lipinski definition) is 3. The van der Waals surface area contributed by atoms with Crippen LogP contribution in [0.25, 0.3) is 0 Å². The van der Waals surface area contributed by atoms with Crippen LogP contribution in [-0.2, 0) is 17.8 Å². The van der Waals surface area contributed by atoms with Crippen molar-refractivity contribution in [3.8, 4) is 5.75 Å². The zero-order valence-electron chi connectivity index (χ0n) is 17.3. The largest absolute Gasteiger partial charge is 0.573 e. The molecule has 0 unspecified atom stereocenters. The second-order valence-electron chi connectivity index (χ2n) is 6.41.